The molecular formula is C8H7ClFNO. The number of carbonyl (C=O) groups excluding carboxylic acids is 1. The molecule has 0 aliphatic rings. The Labute approximate surface area is 74.7 Å². The van der Waals surface area contributed by atoms with Crippen molar-refractivity contribution in [3.05, 3.63) is 30.3 Å². The van der Waals surface area contributed by atoms with Crippen LogP contribution in [0.5, 0.6) is 0 Å². The second-order valence-corrected chi connectivity index (χ2v) is 1.84. The van der Waals surface area contributed by atoms with Crippen LogP contribution in [0.25, 0.3) is 0 Å². The maximum Gasteiger partial charge on any atom is 0.240 e. The normalized spacial score (nSPS) is 7.50. The fourth-order valence-corrected chi connectivity index (χ4v) is 0.555. The minimum atomic E-state index is -0.778. The summed E-state index contributed by atoms with van der Waals surface area (Å²) in [6.07, 6.45) is 0.681. The van der Waals surface area contributed by atoms with E-state index in [1.165, 1.54) is 6.08 Å². The molecule has 12 heavy (non-hydrogen) atoms. The van der Waals surface area contributed by atoms with Crippen LogP contribution in [0.3, 0.4) is 0 Å². The zero-order valence-corrected chi connectivity index (χ0v) is 6.96. The third-order valence-corrected chi connectivity index (χ3v) is 0.931. The van der Waals surface area contributed by atoms with E-state index >= 15 is 0 Å². The molecule has 0 aliphatic heterocycles. The summed E-state index contributed by atoms with van der Waals surface area (Å²) in [6, 6.07) is 8.98. The molecule has 0 aromatic heterocycles. The highest BCUT2D eigenvalue weighted by atomic mass is 35.5. The first-order valence-electron chi connectivity index (χ1n) is 3.10. The number of aliphatic imine (C=N–C) groups is 1. The van der Waals surface area contributed by atoms with E-state index in [4.69, 9.17) is 0 Å². The number of alkyl halides is 2. The Bertz CT molecular complexity index is 246. The van der Waals surface area contributed by atoms with E-state index in [0.717, 1.165) is 0 Å². The maximum absolute atomic E-state index is 10.1. The molecule has 0 spiro atoms. The predicted molar refractivity (Wildman–Crippen MR) is 46.1 cm³/mol. The lowest BCUT2D eigenvalue weighted by Crippen LogP contribution is -1.59. The Morgan fingerprint density at radius 1 is 1.42 bits per heavy atom. The number of isocyanates is 1. The van der Waals surface area contributed by atoms with Gasteiger partial charge in [-0.05, 0) is 12.1 Å². The highest BCUT2D eigenvalue weighted by molar-refractivity contribution is 6.16. The summed E-state index contributed by atoms with van der Waals surface area (Å²) in [4.78, 5) is 13.1. The van der Waals surface area contributed by atoms with Crippen LogP contribution < -0.4 is 0 Å². The van der Waals surface area contributed by atoms with Crippen LogP contribution in [0.4, 0.5) is 10.1 Å². The standard InChI is InChI=1S/C7H5NO.CH2ClF/c9-6-8-7-4-2-1-3-5-7;2-1-3/h1-5H;1H2. The number of para-hydroxylation sites is 1. The van der Waals surface area contributed by atoms with Crippen LogP contribution in [-0.2, 0) is 4.79 Å². The molecule has 0 bridgehead atoms. The van der Waals surface area contributed by atoms with E-state index in [2.05, 4.69) is 16.6 Å². The fourth-order valence-electron chi connectivity index (χ4n) is 0.555. The average Bonchev–Trinajstić information content (AvgIpc) is 2.08. The fraction of sp³-hybridized carbons (Fsp3) is 0.125. The van der Waals surface area contributed by atoms with Crippen LogP contribution in [0, 0.1) is 0 Å². The smallest absolute Gasteiger partial charge is 0.234 e. The van der Waals surface area contributed by atoms with E-state index in [1.807, 2.05) is 18.2 Å². The molecule has 0 atom stereocenters. The molecule has 1 rings (SSSR count). The molecule has 0 amide bonds. The number of hydrogen-bond acceptors (Lipinski definition) is 2. The van der Waals surface area contributed by atoms with E-state index in [1.54, 1.807) is 12.1 Å². The van der Waals surface area contributed by atoms with Gasteiger partial charge in [0.05, 0.1) is 5.69 Å². The number of nitrogens with zero attached hydrogens (tertiary/aromatic N) is 1. The van der Waals surface area contributed by atoms with Crippen LogP contribution in [0.2, 0.25) is 0 Å². The summed E-state index contributed by atoms with van der Waals surface area (Å²) in [6.45, 7) is 0. The van der Waals surface area contributed by atoms with Gasteiger partial charge in [0.2, 0.25) is 6.08 Å². The molecule has 2 nitrogen and oxygen atoms in total. The number of hydrogen-bond donors (Lipinski definition) is 0. The largest absolute Gasteiger partial charge is 0.240 e. The van der Waals surface area contributed by atoms with E-state index < -0.39 is 6.13 Å². The Morgan fingerprint density at radius 3 is 2.33 bits per heavy atom. The van der Waals surface area contributed by atoms with Gasteiger partial charge in [0.15, 0.2) is 6.13 Å². The second kappa shape index (κ2) is 7.92. The zero-order chi connectivity index (χ0) is 9.23. The van der Waals surface area contributed by atoms with Crippen molar-refractivity contribution in [3.8, 4) is 0 Å². The van der Waals surface area contributed by atoms with Crippen molar-refractivity contribution in [2.75, 3.05) is 6.13 Å². The minimum absolute atomic E-state index is 0.646. The van der Waals surface area contributed by atoms with Crippen LogP contribution in [0.15, 0.2) is 35.3 Å². The monoisotopic (exact) mass is 187 g/mol. The minimum Gasteiger partial charge on any atom is -0.234 e. The van der Waals surface area contributed by atoms with Crippen molar-refractivity contribution in [1.29, 1.82) is 0 Å². The Morgan fingerprint density at radius 2 is 1.92 bits per heavy atom. The SMILES string of the molecule is FCCl.O=C=Nc1ccccc1. The molecule has 0 N–H and O–H groups in total. The lowest BCUT2D eigenvalue weighted by atomic mass is 10.3. The molecule has 0 saturated carbocycles. The van der Waals surface area contributed by atoms with Gasteiger partial charge in [0, 0.05) is 0 Å². The van der Waals surface area contributed by atoms with Gasteiger partial charge >= 0.3 is 0 Å². The Balaban J connectivity index is 0.000000354. The van der Waals surface area contributed by atoms with Gasteiger partial charge in [0.1, 0.15) is 0 Å². The van der Waals surface area contributed by atoms with Gasteiger partial charge in [-0.3, -0.25) is 0 Å². The number of halogens is 2. The molecule has 64 valence electrons. The molecule has 4 heteroatoms. The second-order valence-electron chi connectivity index (χ2n) is 1.64. The van der Waals surface area contributed by atoms with Crippen LogP contribution >= 0.6 is 11.6 Å². The van der Waals surface area contributed by atoms with Crippen LogP contribution in [0.1, 0.15) is 0 Å². The third-order valence-electron chi connectivity index (χ3n) is 0.931. The molecule has 1 aromatic carbocycles. The summed E-state index contributed by atoms with van der Waals surface area (Å²) in [5.41, 5.74) is 0.646. The number of rotatable bonds is 1. The van der Waals surface area contributed by atoms with Crippen molar-refractivity contribution >= 4 is 23.4 Å². The Hall–Kier alpha value is -1.18. The summed E-state index contributed by atoms with van der Waals surface area (Å²) in [5.74, 6) is 0. The molecule has 0 aliphatic carbocycles. The number of benzene rings is 1. The van der Waals surface area contributed by atoms with Gasteiger partial charge < -0.3 is 0 Å². The highest BCUT2D eigenvalue weighted by Gasteiger charge is 1.79. The maximum atomic E-state index is 10.1. The Kier molecular flexibility index (Phi) is 7.14. The molecule has 0 radical (unpaired) electrons. The van der Waals surface area contributed by atoms with Gasteiger partial charge in [0.25, 0.3) is 0 Å². The van der Waals surface area contributed by atoms with Crippen molar-refractivity contribution in [3.63, 3.8) is 0 Å². The predicted octanol–water partition coefficient (Wildman–Crippen LogP) is 2.81. The quantitative estimate of drug-likeness (QED) is 0.378. The van der Waals surface area contributed by atoms with Crippen molar-refractivity contribution in [1.82, 2.24) is 0 Å². The first-order valence-corrected chi connectivity index (χ1v) is 3.63. The lowest BCUT2D eigenvalue weighted by Gasteiger charge is -1.83. The van der Waals surface area contributed by atoms with Gasteiger partial charge in [-0.2, -0.15) is 4.99 Å². The zero-order valence-electron chi connectivity index (χ0n) is 6.21. The molecule has 0 heterocycles. The van der Waals surface area contributed by atoms with Crippen molar-refractivity contribution in [2.24, 2.45) is 4.99 Å². The topological polar surface area (TPSA) is 29.4 Å². The van der Waals surface area contributed by atoms with Gasteiger partial charge in [-0.25, -0.2) is 9.18 Å². The van der Waals surface area contributed by atoms with E-state index in [9.17, 15) is 9.18 Å². The van der Waals surface area contributed by atoms with Crippen molar-refractivity contribution < 1.29 is 9.18 Å². The molecule has 0 fully saturated rings. The highest BCUT2D eigenvalue weighted by Crippen LogP contribution is 2.06. The molecule has 1 aromatic rings. The lowest BCUT2D eigenvalue weighted by molar-refractivity contribution is 0.565. The molecule has 0 unspecified atom stereocenters. The van der Waals surface area contributed by atoms with Crippen LogP contribution in [-0.4, -0.2) is 12.2 Å². The van der Waals surface area contributed by atoms with Gasteiger partial charge in [-0.15, -0.1) is 0 Å². The molecular weight excluding hydrogens is 181 g/mol. The summed E-state index contributed by atoms with van der Waals surface area (Å²) < 4.78 is 10.1. The summed E-state index contributed by atoms with van der Waals surface area (Å²) in [7, 11) is 0. The summed E-state index contributed by atoms with van der Waals surface area (Å²) >= 11 is 4.33. The third kappa shape index (κ3) is 5.59. The van der Waals surface area contributed by atoms with Gasteiger partial charge in [-0.1, -0.05) is 29.8 Å². The van der Waals surface area contributed by atoms with E-state index in [-0.39, 0.29) is 0 Å². The first kappa shape index (κ1) is 10.8. The first-order chi connectivity index (χ1) is 5.85. The summed E-state index contributed by atoms with van der Waals surface area (Å²) in [5, 5.41) is 0. The average molecular weight is 188 g/mol. The molecule has 0 saturated heterocycles. The van der Waals surface area contributed by atoms with E-state index in [0.29, 0.717) is 5.69 Å². The van der Waals surface area contributed by atoms with Crippen molar-refractivity contribution in [2.45, 2.75) is 0 Å².